The summed E-state index contributed by atoms with van der Waals surface area (Å²) < 4.78 is 13.5. The molecule has 4 N–H and O–H groups in total. The molecule has 0 unspecified atom stereocenters. The summed E-state index contributed by atoms with van der Waals surface area (Å²) in [4.78, 5) is 34.1. The van der Waals surface area contributed by atoms with Crippen molar-refractivity contribution in [3.05, 3.63) is 73.1 Å². The molecule has 0 radical (unpaired) electrons. The normalized spacial score (nSPS) is 14.1. The summed E-state index contributed by atoms with van der Waals surface area (Å²) in [7, 11) is 0. The molecule has 0 bridgehead atoms. The van der Waals surface area contributed by atoms with E-state index < -0.39 is 0 Å². The minimum Gasteiger partial charge on any atom is -0.335 e. The Morgan fingerprint density at radius 1 is 1.00 bits per heavy atom. The number of carbonyl (C=O) groups excluding carboxylic acids is 1. The molecule has 1 aliphatic heterocycles. The molecule has 6 aromatic rings. The summed E-state index contributed by atoms with van der Waals surface area (Å²) in [6.45, 7) is 1.91. The third-order valence-electron chi connectivity index (χ3n) is 7.47. The lowest BCUT2D eigenvalue weighted by Gasteiger charge is -2.21. The van der Waals surface area contributed by atoms with Gasteiger partial charge in [-0.25, -0.2) is 14.4 Å². The molecule has 0 spiro atoms. The van der Waals surface area contributed by atoms with Crippen LogP contribution in [-0.2, 0) is 4.79 Å². The third-order valence-corrected chi connectivity index (χ3v) is 7.47. The predicted molar refractivity (Wildman–Crippen MR) is 154 cm³/mol. The Morgan fingerprint density at radius 2 is 1.85 bits per heavy atom. The van der Waals surface area contributed by atoms with Gasteiger partial charge in [0.2, 0.25) is 5.91 Å². The molecule has 5 aromatic heterocycles. The van der Waals surface area contributed by atoms with Gasteiger partial charge in [0.15, 0.2) is 11.5 Å². The predicted octanol–water partition coefficient (Wildman–Crippen LogP) is 5.09. The van der Waals surface area contributed by atoms with Crippen LogP contribution in [0.25, 0.3) is 56.0 Å². The number of nitrogens with one attached hydrogen (secondary N) is 4. The van der Waals surface area contributed by atoms with Crippen LogP contribution in [-0.4, -0.2) is 54.1 Å². The van der Waals surface area contributed by atoms with E-state index in [9.17, 15) is 9.18 Å². The molecule has 1 aliphatic rings. The van der Waals surface area contributed by atoms with E-state index in [1.807, 2.05) is 18.2 Å². The zero-order valence-electron chi connectivity index (χ0n) is 22.0. The Kier molecular flexibility index (Phi) is 6.40. The second-order valence-corrected chi connectivity index (χ2v) is 10.2. The maximum atomic E-state index is 13.5. The summed E-state index contributed by atoms with van der Waals surface area (Å²) in [5, 5.41) is 14.7. The smallest absolute Gasteiger partial charge is 0.224 e. The van der Waals surface area contributed by atoms with Crippen molar-refractivity contribution >= 4 is 33.7 Å². The van der Waals surface area contributed by atoms with Crippen LogP contribution in [0.3, 0.4) is 0 Å². The largest absolute Gasteiger partial charge is 0.335 e. The van der Waals surface area contributed by atoms with Gasteiger partial charge in [0, 0.05) is 35.3 Å². The zero-order chi connectivity index (χ0) is 27.8. The summed E-state index contributed by atoms with van der Waals surface area (Å²) in [5.41, 5.74) is 6.42. The minimum atomic E-state index is -0.294. The van der Waals surface area contributed by atoms with Gasteiger partial charge < -0.3 is 15.6 Å². The summed E-state index contributed by atoms with van der Waals surface area (Å²) >= 11 is 0. The quantitative estimate of drug-likeness (QED) is 0.228. The van der Waals surface area contributed by atoms with E-state index in [0.29, 0.717) is 40.9 Å². The number of pyridine rings is 3. The number of aromatic amines is 2. The van der Waals surface area contributed by atoms with E-state index in [2.05, 4.69) is 40.8 Å². The number of aromatic nitrogens is 7. The highest BCUT2D eigenvalue weighted by molar-refractivity contribution is 5.97. The number of halogens is 1. The number of anilines is 1. The van der Waals surface area contributed by atoms with Crippen LogP contribution in [0.4, 0.5) is 10.1 Å². The monoisotopic (exact) mass is 547 g/mol. The molecule has 6 heterocycles. The third kappa shape index (κ3) is 5.03. The van der Waals surface area contributed by atoms with Crippen LogP contribution in [0, 0.1) is 11.7 Å². The summed E-state index contributed by atoms with van der Waals surface area (Å²) in [5.74, 6) is 0.644. The van der Waals surface area contributed by atoms with Gasteiger partial charge in [-0.3, -0.25) is 19.9 Å². The van der Waals surface area contributed by atoms with Crippen LogP contribution in [0.15, 0.2) is 67.3 Å². The van der Waals surface area contributed by atoms with E-state index in [0.717, 1.165) is 59.0 Å². The molecule has 11 heteroatoms. The van der Waals surface area contributed by atoms with Gasteiger partial charge in [0.05, 0.1) is 34.8 Å². The second-order valence-electron chi connectivity index (χ2n) is 10.2. The van der Waals surface area contributed by atoms with Gasteiger partial charge >= 0.3 is 0 Å². The second kappa shape index (κ2) is 10.5. The first-order valence-electron chi connectivity index (χ1n) is 13.5. The number of piperidine rings is 1. The van der Waals surface area contributed by atoms with Crippen molar-refractivity contribution in [2.45, 2.75) is 19.3 Å². The van der Waals surface area contributed by atoms with Gasteiger partial charge in [-0.2, -0.15) is 5.10 Å². The lowest BCUT2D eigenvalue weighted by atomic mass is 9.94. The number of carbonyl (C=O) groups is 1. The molecule has 1 fully saturated rings. The molecule has 41 heavy (non-hydrogen) atoms. The van der Waals surface area contributed by atoms with Crippen molar-refractivity contribution in [3.8, 4) is 33.9 Å². The minimum absolute atomic E-state index is 0.00474. The topological polar surface area (TPSA) is 137 Å². The lowest BCUT2D eigenvalue weighted by molar-refractivity contribution is -0.117. The van der Waals surface area contributed by atoms with E-state index in [-0.39, 0.29) is 11.7 Å². The first-order valence-corrected chi connectivity index (χ1v) is 13.5. The van der Waals surface area contributed by atoms with Crippen LogP contribution in [0.1, 0.15) is 19.3 Å². The van der Waals surface area contributed by atoms with Crippen LogP contribution in [0.2, 0.25) is 0 Å². The number of hydrogen-bond acceptors (Lipinski definition) is 7. The molecule has 7 rings (SSSR count). The molecular weight excluding hydrogens is 521 g/mol. The van der Waals surface area contributed by atoms with Gasteiger partial charge in [-0.05, 0) is 67.7 Å². The molecule has 1 amide bonds. The fourth-order valence-corrected chi connectivity index (χ4v) is 5.36. The van der Waals surface area contributed by atoms with E-state index >= 15 is 0 Å². The molecule has 1 aromatic carbocycles. The van der Waals surface area contributed by atoms with Gasteiger partial charge in [0.25, 0.3) is 0 Å². The van der Waals surface area contributed by atoms with Crippen molar-refractivity contribution in [1.29, 1.82) is 0 Å². The molecular formula is C30H26FN9O. The summed E-state index contributed by atoms with van der Waals surface area (Å²) in [6, 6.07) is 12.0. The summed E-state index contributed by atoms with van der Waals surface area (Å²) in [6.07, 6.45) is 9.29. The van der Waals surface area contributed by atoms with Crippen molar-refractivity contribution in [2.75, 3.05) is 18.4 Å². The maximum Gasteiger partial charge on any atom is 0.224 e. The van der Waals surface area contributed by atoms with Crippen LogP contribution >= 0.6 is 0 Å². The lowest BCUT2D eigenvalue weighted by Crippen LogP contribution is -2.30. The number of nitrogens with zero attached hydrogens (tertiary/aromatic N) is 5. The standard InChI is InChI=1S/C30H26FN9O/c31-20-3-1-18(2-4-20)22-7-10-34-29-27(22)37-30(38-29)28-23-13-24(35-16-25(23)39-40-28)19-12-21(15-33-14-19)36-26(41)11-17-5-8-32-9-6-17/h1-4,7,10,12-17,32H,5-6,8-9,11H2,(H,36,41)(H,39,40)(H,34,37,38). The van der Waals surface area contributed by atoms with Crippen molar-refractivity contribution in [1.82, 2.24) is 40.4 Å². The number of rotatable bonds is 6. The van der Waals surface area contributed by atoms with Gasteiger partial charge in [-0.1, -0.05) is 12.1 Å². The highest BCUT2D eigenvalue weighted by atomic mass is 19.1. The number of fused-ring (bicyclic) bond motifs is 2. The number of amides is 1. The zero-order valence-corrected chi connectivity index (χ0v) is 22.0. The number of imidazole rings is 1. The number of hydrogen-bond donors (Lipinski definition) is 4. The Bertz CT molecular complexity index is 1870. The molecule has 0 aliphatic carbocycles. The van der Waals surface area contributed by atoms with Gasteiger partial charge in [-0.15, -0.1) is 0 Å². The Morgan fingerprint density at radius 3 is 2.71 bits per heavy atom. The van der Waals surface area contributed by atoms with E-state index in [4.69, 9.17) is 4.98 Å². The molecule has 204 valence electrons. The molecule has 10 nitrogen and oxygen atoms in total. The van der Waals surface area contributed by atoms with Crippen molar-refractivity contribution < 1.29 is 9.18 Å². The Balaban J connectivity index is 1.19. The molecule has 0 saturated carbocycles. The van der Waals surface area contributed by atoms with Gasteiger partial charge in [0.1, 0.15) is 11.5 Å². The highest BCUT2D eigenvalue weighted by Crippen LogP contribution is 2.32. The average molecular weight is 548 g/mol. The average Bonchev–Trinajstić information content (AvgIpc) is 3.62. The molecule has 0 atom stereocenters. The van der Waals surface area contributed by atoms with Crippen LogP contribution < -0.4 is 10.6 Å². The highest BCUT2D eigenvalue weighted by Gasteiger charge is 2.19. The fourth-order valence-electron chi connectivity index (χ4n) is 5.36. The number of H-pyrrole nitrogens is 2. The fraction of sp³-hybridized carbons (Fsp3) is 0.200. The van der Waals surface area contributed by atoms with Crippen LogP contribution in [0.5, 0.6) is 0 Å². The first kappa shape index (κ1) is 25.0. The van der Waals surface area contributed by atoms with E-state index in [1.165, 1.54) is 12.1 Å². The Hall–Kier alpha value is -5.03. The number of benzene rings is 1. The SMILES string of the molecule is O=C(CC1CCNCC1)Nc1cncc(-c2cc3c(-c4nc5nccc(-c6ccc(F)cc6)c5[nH]4)n[nH]c3cn2)c1. The van der Waals surface area contributed by atoms with Crippen molar-refractivity contribution in [3.63, 3.8) is 0 Å². The first-order chi connectivity index (χ1) is 20.1. The Labute approximate surface area is 233 Å². The van der Waals surface area contributed by atoms with Crippen molar-refractivity contribution in [2.24, 2.45) is 5.92 Å². The molecule has 1 saturated heterocycles. The maximum absolute atomic E-state index is 13.5. The van der Waals surface area contributed by atoms with E-state index in [1.54, 1.807) is 36.9 Å².